The quantitative estimate of drug-likeness (QED) is 0.607. The molecule has 0 spiro atoms. The zero-order chi connectivity index (χ0) is 22.7. The predicted molar refractivity (Wildman–Crippen MR) is 118 cm³/mol. The molecule has 168 valence electrons. The second-order valence-corrected chi connectivity index (χ2v) is 7.79. The first kappa shape index (κ1) is 21.5. The molecule has 3 heterocycles. The number of aromatic amines is 1. The largest absolute Gasteiger partial charge is 0.462 e. The Morgan fingerprint density at radius 1 is 1.16 bits per heavy atom. The van der Waals surface area contributed by atoms with Crippen LogP contribution in [0.15, 0.2) is 29.1 Å². The van der Waals surface area contributed by atoms with Gasteiger partial charge in [0.05, 0.1) is 23.7 Å². The van der Waals surface area contributed by atoms with Crippen LogP contribution in [-0.4, -0.2) is 47.4 Å². The van der Waals surface area contributed by atoms with Crippen molar-refractivity contribution in [3.05, 3.63) is 45.7 Å². The number of anilines is 3. The molecule has 10 nitrogen and oxygen atoms in total. The van der Waals surface area contributed by atoms with Gasteiger partial charge in [0.1, 0.15) is 5.82 Å². The van der Waals surface area contributed by atoms with Gasteiger partial charge in [-0.25, -0.2) is 4.79 Å². The van der Waals surface area contributed by atoms with Crippen molar-refractivity contribution < 1.29 is 19.1 Å². The monoisotopic (exact) mass is 439 g/mol. The van der Waals surface area contributed by atoms with E-state index >= 15 is 0 Å². The number of carbonyl (C=O) groups excluding carboxylic acids is 3. The lowest BCUT2D eigenvalue weighted by Crippen LogP contribution is -2.38. The standard InChI is InChI=1S/C22H25N5O5/c1-2-32-21(31)13-6-8-14(9-7-13)23-19(29)15-12-16(28)24-18-17(15)20(30)26-22(25-18)27-10-4-3-5-11-27/h6-9,15H,2-5,10-12H2,1H3,(H,23,29)(H2,24,25,26,28,30). The molecular formula is C22H25N5O5. The number of esters is 1. The lowest BCUT2D eigenvalue weighted by atomic mass is 9.92. The first-order valence-corrected chi connectivity index (χ1v) is 10.7. The van der Waals surface area contributed by atoms with Crippen LogP contribution < -0.4 is 21.1 Å². The smallest absolute Gasteiger partial charge is 0.338 e. The third-order valence-electron chi connectivity index (χ3n) is 5.57. The van der Waals surface area contributed by atoms with E-state index < -0.39 is 23.4 Å². The van der Waals surface area contributed by atoms with Crippen molar-refractivity contribution in [2.24, 2.45) is 0 Å². The summed E-state index contributed by atoms with van der Waals surface area (Å²) in [4.78, 5) is 59.1. The summed E-state index contributed by atoms with van der Waals surface area (Å²) in [5.74, 6) is -1.77. The van der Waals surface area contributed by atoms with Gasteiger partial charge in [0, 0.05) is 25.2 Å². The number of amides is 2. The second-order valence-electron chi connectivity index (χ2n) is 7.79. The van der Waals surface area contributed by atoms with Crippen molar-refractivity contribution in [2.45, 2.75) is 38.5 Å². The van der Waals surface area contributed by atoms with E-state index in [1.807, 2.05) is 4.90 Å². The van der Waals surface area contributed by atoms with Crippen LogP contribution in [0.25, 0.3) is 0 Å². The van der Waals surface area contributed by atoms with Crippen molar-refractivity contribution in [3.63, 3.8) is 0 Å². The number of H-pyrrole nitrogens is 1. The second kappa shape index (κ2) is 9.21. The molecule has 2 aliphatic rings. The number of rotatable bonds is 5. The molecule has 4 rings (SSSR count). The first-order chi connectivity index (χ1) is 15.5. The average molecular weight is 439 g/mol. The van der Waals surface area contributed by atoms with Crippen molar-refractivity contribution in [1.29, 1.82) is 0 Å². The topological polar surface area (TPSA) is 133 Å². The van der Waals surface area contributed by atoms with Gasteiger partial charge in [-0.2, -0.15) is 4.98 Å². The van der Waals surface area contributed by atoms with Gasteiger partial charge in [0.2, 0.25) is 17.8 Å². The molecule has 10 heteroatoms. The highest BCUT2D eigenvalue weighted by Crippen LogP contribution is 2.30. The number of aromatic nitrogens is 2. The third-order valence-corrected chi connectivity index (χ3v) is 5.57. The molecule has 32 heavy (non-hydrogen) atoms. The highest BCUT2D eigenvalue weighted by atomic mass is 16.5. The van der Waals surface area contributed by atoms with Crippen LogP contribution in [0.2, 0.25) is 0 Å². The molecular weight excluding hydrogens is 414 g/mol. The van der Waals surface area contributed by atoms with E-state index in [1.54, 1.807) is 19.1 Å². The number of fused-ring (bicyclic) bond motifs is 1. The Hall–Kier alpha value is -3.69. The number of carbonyl (C=O) groups is 3. The lowest BCUT2D eigenvalue weighted by Gasteiger charge is -2.29. The Morgan fingerprint density at radius 3 is 2.56 bits per heavy atom. The Kier molecular flexibility index (Phi) is 6.20. The Labute approximate surface area is 184 Å². The van der Waals surface area contributed by atoms with Crippen LogP contribution in [0.4, 0.5) is 17.5 Å². The molecule has 0 aliphatic carbocycles. The molecule has 1 aromatic heterocycles. The van der Waals surface area contributed by atoms with Crippen LogP contribution in [0.5, 0.6) is 0 Å². The van der Waals surface area contributed by atoms with E-state index in [2.05, 4.69) is 20.6 Å². The molecule has 3 N–H and O–H groups in total. The molecule has 1 aromatic carbocycles. The van der Waals surface area contributed by atoms with Gasteiger partial charge in [0.25, 0.3) is 5.56 Å². The summed E-state index contributed by atoms with van der Waals surface area (Å²) in [6, 6.07) is 6.20. The SMILES string of the molecule is CCOC(=O)c1ccc(NC(=O)C2CC(=O)Nc3nc(N4CCCCC4)[nH]c(=O)c32)cc1. The first-order valence-electron chi connectivity index (χ1n) is 10.7. The summed E-state index contributed by atoms with van der Waals surface area (Å²) in [5, 5.41) is 5.35. The van der Waals surface area contributed by atoms with Gasteiger partial charge in [-0.1, -0.05) is 0 Å². The Balaban J connectivity index is 1.55. The van der Waals surface area contributed by atoms with Gasteiger partial charge < -0.3 is 20.3 Å². The Bertz CT molecular complexity index is 1090. The minimum absolute atomic E-state index is 0.128. The molecule has 2 aliphatic heterocycles. The van der Waals surface area contributed by atoms with E-state index in [9.17, 15) is 19.2 Å². The van der Waals surface area contributed by atoms with Crippen LogP contribution in [-0.2, 0) is 14.3 Å². The molecule has 1 saturated heterocycles. The van der Waals surface area contributed by atoms with E-state index in [-0.39, 0.29) is 30.3 Å². The maximum atomic E-state index is 13.0. The van der Waals surface area contributed by atoms with E-state index in [1.165, 1.54) is 12.1 Å². The van der Waals surface area contributed by atoms with Gasteiger partial charge >= 0.3 is 5.97 Å². The highest BCUT2D eigenvalue weighted by molar-refractivity contribution is 6.04. The minimum atomic E-state index is -0.977. The van der Waals surface area contributed by atoms with Crippen LogP contribution in [0.3, 0.4) is 0 Å². The van der Waals surface area contributed by atoms with Crippen molar-refractivity contribution in [3.8, 4) is 0 Å². The molecule has 1 unspecified atom stereocenters. The van der Waals surface area contributed by atoms with E-state index in [0.717, 1.165) is 32.4 Å². The predicted octanol–water partition coefficient (Wildman–Crippen LogP) is 2.00. The van der Waals surface area contributed by atoms with Gasteiger partial charge in [-0.05, 0) is 50.5 Å². The molecule has 1 atom stereocenters. The normalized spacial score (nSPS) is 17.8. The van der Waals surface area contributed by atoms with Crippen molar-refractivity contribution in [1.82, 2.24) is 9.97 Å². The van der Waals surface area contributed by atoms with Crippen molar-refractivity contribution in [2.75, 3.05) is 35.2 Å². The summed E-state index contributed by atoms with van der Waals surface area (Å²) in [7, 11) is 0. The lowest BCUT2D eigenvalue weighted by molar-refractivity contribution is -0.123. The fraction of sp³-hybridized carbons (Fsp3) is 0.409. The highest BCUT2D eigenvalue weighted by Gasteiger charge is 2.35. The molecule has 2 amide bonds. The van der Waals surface area contributed by atoms with Gasteiger partial charge in [-0.15, -0.1) is 0 Å². The number of hydrogen-bond donors (Lipinski definition) is 3. The average Bonchev–Trinajstić information content (AvgIpc) is 2.79. The number of hydrogen-bond acceptors (Lipinski definition) is 7. The maximum absolute atomic E-state index is 13.0. The number of nitrogens with one attached hydrogen (secondary N) is 3. The summed E-state index contributed by atoms with van der Waals surface area (Å²) < 4.78 is 4.94. The van der Waals surface area contributed by atoms with Crippen LogP contribution in [0, 0.1) is 0 Å². The number of benzene rings is 1. The number of piperidine rings is 1. The zero-order valence-electron chi connectivity index (χ0n) is 17.8. The molecule has 1 fully saturated rings. The van der Waals surface area contributed by atoms with Gasteiger partial charge in [-0.3, -0.25) is 19.4 Å². The van der Waals surface area contributed by atoms with E-state index in [0.29, 0.717) is 17.2 Å². The fourth-order valence-corrected chi connectivity index (χ4v) is 3.97. The summed E-state index contributed by atoms with van der Waals surface area (Å²) in [6.07, 6.45) is 2.99. The van der Waals surface area contributed by atoms with Crippen LogP contribution >= 0.6 is 0 Å². The molecule has 0 bridgehead atoms. The number of ether oxygens (including phenoxy) is 1. The molecule has 0 saturated carbocycles. The fourth-order valence-electron chi connectivity index (χ4n) is 3.97. The van der Waals surface area contributed by atoms with Crippen LogP contribution in [0.1, 0.15) is 54.4 Å². The van der Waals surface area contributed by atoms with Crippen molar-refractivity contribution >= 4 is 35.2 Å². The van der Waals surface area contributed by atoms with Gasteiger partial charge in [0.15, 0.2) is 0 Å². The van der Waals surface area contributed by atoms with E-state index in [4.69, 9.17) is 4.74 Å². The zero-order valence-corrected chi connectivity index (χ0v) is 17.8. The summed E-state index contributed by atoms with van der Waals surface area (Å²) in [6.45, 7) is 3.54. The maximum Gasteiger partial charge on any atom is 0.338 e. The third kappa shape index (κ3) is 4.48. The Morgan fingerprint density at radius 2 is 1.88 bits per heavy atom. The number of nitrogens with zero attached hydrogens (tertiary/aromatic N) is 2. The summed E-state index contributed by atoms with van der Waals surface area (Å²) >= 11 is 0. The molecule has 2 aromatic rings. The summed E-state index contributed by atoms with van der Waals surface area (Å²) in [5.41, 5.74) is 0.502. The minimum Gasteiger partial charge on any atom is -0.462 e. The molecule has 0 radical (unpaired) electrons.